The monoisotopic (exact) mass is 583 g/mol. The maximum absolute atomic E-state index is 14.9. The summed E-state index contributed by atoms with van der Waals surface area (Å²) in [6.07, 6.45) is 2.77. The Morgan fingerprint density at radius 3 is 2.60 bits per heavy atom. The lowest BCUT2D eigenvalue weighted by molar-refractivity contribution is -0.165. The van der Waals surface area contributed by atoms with Gasteiger partial charge < -0.3 is 15.2 Å². The molecule has 220 valence electrons. The number of aryl methyl sites for hydroxylation is 1. The van der Waals surface area contributed by atoms with E-state index < -0.39 is 23.3 Å². The number of amides is 1. The molecule has 1 aliphatic heterocycles. The summed E-state index contributed by atoms with van der Waals surface area (Å²) in [4.78, 5) is 21.4. The third kappa shape index (κ3) is 5.52. The van der Waals surface area contributed by atoms with Gasteiger partial charge in [-0.2, -0.15) is 18.3 Å². The van der Waals surface area contributed by atoms with E-state index in [0.717, 1.165) is 43.3 Å². The molecule has 1 saturated heterocycles. The Bertz CT molecular complexity index is 1590. The normalized spacial score (nSPS) is 17.9. The first-order chi connectivity index (χ1) is 20.1. The van der Waals surface area contributed by atoms with Crippen LogP contribution in [-0.2, 0) is 29.5 Å². The minimum absolute atomic E-state index is 0.0890. The fourth-order valence-electron chi connectivity index (χ4n) is 5.31. The predicted octanol–water partition coefficient (Wildman–Crippen LogP) is 4.93. The van der Waals surface area contributed by atoms with Crippen molar-refractivity contribution in [1.29, 1.82) is 0 Å². The summed E-state index contributed by atoms with van der Waals surface area (Å²) in [5.41, 5.74) is 1.34. The van der Waals surface area contributed by atoms with Crippen LogP contribution in [0.3, 0.4) is 0 Å². The fourth-order valence-corrected chi connectivity index (χ4v) is 5.31. The smallest absolute Gasteiger partial charge is 0.358 e. The van der Waals surface area contributed by atoms with Crippen LogP contribution in [0.1, 0.15) is 60.6 Å². The lowest BCUT2D eigenvalue weighted by Crippen LogP contribution is -2.28. The van der Waals surface area contributed by atoms with Crippen LogP contribution >= 0.6 is 0 Å². The van der Waals surface area contributed by atoms with E-state index in [2.05, 4.69) is 38.9 Å². The van der Waals surface area contributed by atoms with Gasteiger partial charge in [0.05, 0.1) is 18.2 Å². The van der Waals surface area contributed by atoms with Crippen molar-refractivity contribution in [3.8, 4) is 11.1 Å². The van der Waals surface area contributed by atoms with Crippen molar-refractivity contribution < 1.29 is 26.9 Å². The van der Waals surface area contributed by atoms with Crippen molar-refractivity contribution in [2.24, 2.45) is 0 Å². The summed E-state index contributed by atoms with van der Waals surface area (Å²) < 4.78 is 61.7. The standard InChI is InChI=1S/C29H29F4N7O2/c1-2-23-19(16-40(38-23)21-5-8-34-15-21)10-25-35-13-20(14-36-25)17-3-4-18(22(30)9-17)11-27(41)37-26-12-24(42-39-26)28(6-7-28)29(31,32)33/h3-4,9,12-14,16,21,34H,2,5-8,10-11,15H2,1H3,(H,37,39,41). The van der Waals surface area contributed by atoms with Gasteiger partial charge in [-0.1, -0.05) is 24.2 Å². The van der Waals surface area contributed by atoms with Crippen molar-refractivity contribution in [2.45, 2.75) is 63.1 Å². The van der Waals surface area contributed by atoms with Crippen LogP contribution in [0, 0.1) is 5.82 Å². The van der Waals surface area contributed by atoms with Crippen molar-refractivity contribution in [3.63, 3.8) is 0 Å². The van der Waals surface area contributed by atoms with E-state index in [9.17, 15) is 22.4 Å². The molecule has 42 heavy (non-hydrogen) atoms. The van der Waals surface area contributed by atoms with Gasteiger partial charge in [-0.25, -0.2) is 14.4 Å². The highest BCUT2D eigenvalue weighted by atomic mass is 19.4. The zero-order valence-electron chi connectivity index (χ0n) is 22.8. The van der Waals surface area contributed by atoms with Crippen LogP contribution in [0.5, 0.6) is 0 Å². The number of nitrogens with one attached hydrogen (secondary N) is 2. The van der Waals surface area contributed by atoms with E-state index in [0.29, 0.717) is 29.4 Å². The summed E-state index contributed by atoms with van der Waals surface area (Å²) in [6, 6.07) is 5.86. The molecule has 3 aromatic heterocycles. The molecule has 1 atom stereocenters. The van der Waals surface area contributed by atoms with Gasteiger partial charge in [-0.15, -0.1) is 0 Å². The molecule has 1 unspecified atom stereocenters. The Labute approximate surface area is 238 Å². The topological polar surface area (TPSA) is 111 Å². The molecule has 2 N–H and O–H groups in total. The third-order valence-electron chi connectivity index (χ3n) is 7.97. The number of hydrogen-bond donors (Lipinski definition) is 2. The number of halogens is 4. The van der Waals surface area contributed by atoms with Gasteiger partial charge in [-0.3, -0.25) is 9.48 Å². The average Bonchev–Trinajstić information content (AvgIpc) is 3.28. The minimum Gasteiger partial charge on any atom is -0.358 e. The molecule has 9 nitrogen and oxygen atoms in total. The van der Waals surface area contributed by atoms with Crippen molar-refractivity contribution >= 4 is 11.7 Å². The Morgan fingerprint density at radius 1 is 1.17 bits per heavy atom. The number of hydrogen-bond acceptors (Lipinski definition) is 7. The first-order valence-corrected chi connectivity index (χ1v) is 13.9. The first kappa shape index (κ1) is 28.0. The van der Waals surface area contributed by atoms with Gasteiger partial charge >= 0.3 is 6.18 Å². The summed E-state index contributed by atoms with van der Waals surface area (Å²) in [5.74, 6) is -1.09. The number of carbonyl (C=O) groups is 1. The number of nitrogens with zero attached hydrogens (tertiary/aromatic N) is 5. The average molecular weight is 584 g/mol. The number of aromatic nitrogens is 5. The zero-order valence-corrected chi connectivity index (χ0v) is 22.8. The van der Waals surface area contributed by atoms with Crippen LogP contribution in [0.2, 0.25) is 0 Å². The lowest BCUT2D eigenvalue weighted by Gasteiger charge is -2.14. The lowest BCUT2D eigenvalue weighted by atomic mass is 10.0. The SMILES string of the molecule is CCc1nn(C2CCNC2)cc1Cc1ncc(-c2ccc(CC(=O)Nc3cc(C4(C(F)(F)F)CC4)on3)c(F)c2)cn1. The summed E-state index contributed by atoms with van der Waals surface area (Å²) in [6.45, 7) is 3.96. The molecular weight excluding hydrogens is 554 g/mol. The Morgan fingerprint density at radius 2 is 1.95 bits per heavy atom. The minimum atomic E-state index is -4.46. The highest BCUT2D eigenvalue weighted by Crippen LogP contribution is 2.59. The van der Waals surface area contributed by atoms with Crippen molar-refractivity contribution in [2.75, 3.05) is 18.4 Å². The second-order valence-corrected chi connectivity index (χ2v) is 10.8. The van der Waals surface area contributed by atoms with Gasteiger partial charge in [0.2, 0.25) is 5.91 Å². The molecule has 1 aromatic carbocycles. The molecule has 1 amide bonds. The summed E-state index contributed by atoms with van der Waals surface area (Å²) in [7, 11) is 0. The predicted molar refractivity (Wildman–Crippen MR) is 144 cm³/mol. The van der Waals surface area contributed by atoms with Crippen LogP contribution in [0.25, 0.3) is 11.1 Å². The molecule has 4 heterocycles. The van der Waals surface area contributed by atoms with Crippen LogP contribution in [-0.4, -0.2) is 50.1 Å². The van der Waals surface area contributed by atoms with E-state index in [1.54, 1.807) is 18.5 Å². The van der Waals surface area contributed by atoms with Gasteiger partial charge in [0.15, 0.2) is 11.6 Å². The molecule has 0 radical (unpaired) electrons. The van der Waals surface area contributed by atoms with Gasteiger partial charge in [0.1, 0.15) is 17.1 Å². The second kappa shape index (κ2) is 10.9. The fraction of sp³-hybridized carbons (Fsp3) is 0.414. The number of benzene rings is 1. The van der Waals surface area contributed by atoms with Crippen molar-refractivity contribution in [1.82, 2.24) is 30.2 Å². The molecule has 0 spiro atoms. The first-order valence-electron chi connectivity index (χ1n) is 13.9. The molecule has 1 aliphatic carbocycles. The zero-order chi connectivity index (χ0) is 29.5. The van der Waals surface area contributed by atoms with E-state index in [4.69, 9.17) is 9.62 Å². The summed E-state index contributed by atoms with van der Waals surface area (Å²) >= 11 is 0. The molecule has 13 heteroatoms. The number of rotatable bonds is 9. The van der Waals surface area contributed by atoms with Crippen LogP contribution in [0.4, 0.5) is 23.4 Å². The molecule has 6 rings (SSSR count). The quantitative estimate of drug-likeness (QED) is 0.269. The van der Waals surface area contributed by atoms with E-state index in [-0.39, 0.29) is 36.4 Å². The Balaban J connectivity index is 1.08. The molecule has 2 fully saturated rings. The maximum Gasteiger partial charge on any atom is 0.401 e. The Hall–Kier alpha value is -4.13. The third-order valence-corrected chi connectivity index (χ3v) is 7.97. The highest BCUT2D eigenvalue weighted by Gasteiger charge is 2.66. The number of anilines is 1. The maximum atomic E-state index is 14.9. The molecular formula is C29H29F4N7O2. The van der Waals surface area contributed by atoms with Gasteiger partial charge in [-0.05, 0) is 49.4 Å². The van der Waals surface area contributed by atoms with Gasteiger partial charge in [0.25, 0.3) is 0 Å². The second-order valence-electron chi connectivity index (χ2n) is 10.8. The van der Waals surface area contributed by atoms with Crippen molar-refractivity contribution in [3.05, 3.63) is 77.1 Å². The van der Waals surface area contributed by atoms with E-state index in [1.807, 2.05) is 4.68 Å². The highest BCUT2D eigenvalue weighted by molar-refractivity contribution is 5.91. The molecule has 0 bridgehead atoms. The largest absolute Gasteiger partial charge is 0.401 e. The molecule has 4 aromatic rings. The van der Waals surface area contributed by atoms with Gasteiger partial charge in [0, 0.05) is 48.7 Å². The molecule has 1 saturated carbocycles. The van der Waals surface area contributed by atoms with E-state index in [1.165, 1.54) is 12.1 Å². The van der Waals surface area contributed by atoms with Crippen LogP contribution < -0.4 is 10.6 Å². The summed E-state index contributed by atoms with van der Waals surface area (Å²) in [5, 5.41) is 14.0. The molecule has 2 aliphatic rings. The number of carbonyl (C=O) groups excluding carboxylic acids is 1. The van der Waals surface area contributed by atoms with E-state index >= 15 is 0 Å². The Kier molecular flexibility index (Phi) is 7.29. The number of alkyl halides is 3. The van der Waals surface area contributed by atoms with Crippen LogP contribution in [0.15, 0.2) is 47.4 Å².